The van der Waals surface area contributed by atoms with E-state index in [-0.39, 0.29) is 11.4 Å². The molecule has 0 unspecified atom stereocenters. The summed E-state index contributed by atoms with van der Waals surface area (Å²) in [6.07, 6.45) is 1.25. The second kappa shape index (κ2) is 4.22. The maximum Gasteiger partial charge on any atom is 0.237 e. The zero-order chi connectivity index (χ0) is 10.8. The predicted molar refractivity (Wildman–Crippen MR) is 55.0 cm³/mol. The largest absolute Gasteiger partial charge is 0.279 e. The number of hydrogen-bond acceptors (Lipinski definition) is 3. The van der Waals surface area contributed by atoms with Crippen LogP contribution in [0.4, 0.5) is 10.1 Å². The molecule has 0 radical (unpaired) electrons. The van der Waals surface area contributed by atoms with Crippen molar-refractivity contribution in [2.24, 2.45) is 0 Å². The van der Waals surface area contributed by atoms with Gasteiger partial charge in [-0.05, 0) is 28.9 Å². The third-order valence-corrected chi connectivity index (χ3v) is 3.18. The summed E-state index contributed by atoms with van der Waals surface area (Å²) in [4.78, 5) is 3.36. The SMILES string of the molecule is CCS(=O)(=O)Nc1cc(Br)cnc1F. The maximum atomic E-state index is 13.0. The molecule has 0 bridgehead atoms. The summed E-state index contributed by atoms with van der Waals surface area (Å²) in [5.41, 5.74) is -0.152. The summed E-state index contributed by atoms with van der Waals surface area (Å²) in [6.45, 7) is 1.46. The Morgan fingerprint density at radius 3 is 2.86 bits per heavy atom. The first-order valence-corrected chi connectivity index (χ1v) is 6.20. The van der Waals surface area contributed by atoms with Gasteiger partial charge in [0.15, 0.2) is 0 Å². The molecule has 0 atom stereocenters. The summed E-state index contributed by atoms with van der Waals surface area (Å²) in [5.74, 6) is -0.955. The van der Waals surface area contributed by atoms with Gasteiger partial charge in [-0.2, -0.15) is 4.39 Å². The fourth-order valence-corrected chi connectivity index (χ4v) is 1.69. The zero-order valence-electron chi connectivity index (χ0n) is 7.29. The van der Waals surface area contributed by atoms with Gasteiger partial charge in [-0.25, -0.2) is 13.4 Å². The Kier molecular flexibility index (Phi) is 3.43. The highest BCUT2D eigenvalue weighted by molar-refractivity contribution is 9.10. The Bertz CT molecular complexity index is 435. The average Bonchev–Trinajstić information content (AvgIpc) is 2.11. The minimum Gasteiger partial charge on any atom is -0.279 e. The van der Waals surface area contributed by atoms with E-state index in [1.165, 1.54) is 19.2 Å². The van der Waals surface area contributed by atoms with Crippen molar-refractivity contribution in [1.82, 2.24) is 4.98 Å². The molecule has 0 aromatic carbocycles. The van der Waals surface area contributed by atoms with Crippen LogP contribution < -0.4 is 4.72 Å². The Balaban J connectivity index is 3.03. The monoisotopic (exact) mass is 282 g/mol. The second-order valence-corrected chi connectivity index (χ2v) is 5.42. The van der Waals surface area contributed by atoms with E-state index in [1.54, 1.807) is 0 Å². The Hall–Kier alpha value is -0.690. The lowest BCUT2D eigenvalue weighted by atomic mass is 10.4. The maximum absolute atomic E-state index is 13.0. The molecule has 4 nitrogen and oxygen atoms in total. The van der Waals surface area contributed by atoms with E-state index >= 15 is 0 Å². The smallest absolute Gasteiger partial charge is 0.237 e. The molecular formula is C7H8BrFN2O2S. The first kappa shape index (κ1) is 11.4. The summed E-state index contributed by atoms with van der Waals surface area (Å²) < 4.78 is 37.8. The number of anilines is 1. The van der Waals surface area contributed by atoms with Gasteiger partial charge in [0.1, 0.15) is 5.69 Å². The molecule has 7 heteroatoms. The molecule has 0 aliphatic heterocycles. The van der Waals surface area contributed by atoms with Crippen LogP contribution in [0.5, 0.6) is 0 Å². The van der Waals surface area contributed by atoms with Crippen molar-refractivity contribution in [2.45, 2.75) is 6.92 Å². The van der Waals surface area contributed by atoms with Crippen LogP contribution in [0.1, 0.15) is 6.92 Å². The zero-order valence-corrected chi connectivity index (χ0v) is 9.69. The third-order valence-electron chi connectivity index (χ3n) is 1.45. The number of sulfonamides is 1. The van der Waals surface area contributed by atoms with E-state index in [2.05, 4.69) is 25.6 Å². The molecule has 0 aliphatic rings. The average molecular weight is 283 g/mol. The van der Waals surface area contributed by atoms with Crippen LogP contribution in [-0.4, -0.2) is 19.2 Å². The molecule has 78 valence electrons. The Morgan fingerprint density at radius 2 is 2.29 bits per heavy atom. The fraction of sp³-hybridized carbons (Fsp3) is 0.286. The number of nitrogens with one attached hydrogen (secondary N) is 1. The lowest BCUT2D eigenvalue weighted by Gasteiger charge is -2.06. The van der Waals surface area contributed by atoms with Gasteiger partial charge in [0, 0.05) is 10.7 Å². The molecule has 0 aliphatic carbocycles. The van der Waals surface area contributed by atoms with Crippen molar-refractivity contribution in [2.75, 3.05) is 10.5 Å². The van der Waals surface area contributed by atoms with Gasteiger partial charge in [0.25, 0.3) is 0 Å². The van der Waals surface area contributed by atoms with Gasteiger partial charge in [-0.15, -0.1) is 0 Å². The third kappa shape index (κ3) is 2.91. The van der Waals surface area contributed by atoms with Crippen LogP contribution in [0, 0.1) is 5.95 Å². The molecule has 1 aromatic rings. The van der Waals surface area contributed by atoms with E-state index < -0.39 is 16.0 Å². The second-order valence-electron chi connectivity index (χ2n) is 2.50. The summed E-state index contributed by atoms with van der Waals surface area (Å²) in [7, 11) is -3.46. The minimum atomic E-state index is -3.46. The van der Waals surface area contributed by atoms with Crippen molar-refractivity contribution in [3.8, 4) is 0 Å². The van der Waals surface area contributed by atoms with Gasteiger partial charge < -0.3 is 0 Å². The molecule has 0 saturated carbocycles. The van der Waals surface area contributed by atoms with Gasteiger partial charge in [-0.1, -0.05) is 0 Å². The lowest BCUT2D eigenvalue weighted by molar-refractivity contribution is 0.583. The summed E-state index contributed by atoms with van der Waals surface area (Å²) in [5, 5.41) is 0. The minimum absolute atomic E-state index is 0.112. The molecule has 1 N–H and O–H groups in total. The first-order chi connectivity index (χ1) is 6.44. The normalized spacial score (nSPS) is 11.4. The van der Waals surface area contributed by atoms with E-state index in [4.69, 9.17) is 0 Å². The molecule has 0 saturated heterocycles. The summed E-state index contributed by atoms with van der Waals surface area (Å²) >= 11 is 3.06. The van der Waals surface area contributed by atoms with Gasteiger partial charge in [0.05, 0.1) is 5.75 Å². The molecule has 1 rings (SSSR count). The van der Waals surface area contributed by atoms with Crippen molar-refractivity contribution < 1.29 is 12.8 Å². The van der Waals surface area contributed by atoms with Crippen molar-refractivity contribution in [1.29, 1.82) is 0 Å². The predicted octanol–water partition coefficient (Wildman–Crippen LogP) is 1.74. The number of pyridine rings is 1. The number of halogens is 2. The Labute approximate surface area is 89.7 Å². The lowest BCUT2D eigenvalue weighted by Crippen LogP contribution is -2.15. The molecule has 1 aromatic heterocycles. The van der Waals surface area contributed by atoms with Crippen LogP contribution in [0.15, 0.2) is 16.7 Å². The van der Waals surface area contributed by atoms with Crippen molar-refractivity contribution >= 4 is 31.6 Å². The number of aromatic nitrogens is 1. The molecular weight excluding hydrogens is 275 g/mol. The molecule has 0 fully saturated rings. The van der Waals surface area contributed by atoms with Gasteiger partial charge in [-0.3, -0.25) is 4.72 Å². The molecule has 14 heavy (non-hydrogen) atoms. The van der Waals surface area contributed by atoms with E-state index in [9.17, 15) is 12.8 Å². The summed E-state index contributed by atoms with van der Waals surface area (Å²) in [6, 6.07) is 1.32. The number of hydrogen-bond donors (Lipinski definition) is 1. The van der Waals surface area contributed by atoms with Crippen molar-refractivity contribution in [3.05, 3.63) is 22.7 Å². The van der Waals surface area contributed by atoms with Crippen molar-refractivity contribution in [3.63, 3.8) is 0 Å². The topological polar surface area (TPSA) is 59.1 Å². The molecule has 1 heterocycles. The fourth-order valence-electron chi connectivity index (χ4n) is 0.734. The molecule has 0 spiro atoms. The highest BCUT2D eigenvalue weighted by Gasteiger charge is 2.11. The van der Waals surface area contributed by atoms with Crippen LogP contribution >= 0.6 is 15.9 Å². The highest BCUT2D eigenvalue weighted by atomic mass is 79.9. The van der Waals surface area contributed by atoms with Gasteiger partial charge in [0.2, 0.25) is 16.0 Å². The quantitative estimate of drug-likeness (QED) is 0.860. The van der Waals surface area contributed by atoms with Crippen LogP contribution in [0.25, 0.3) is 0 Å². The van der Waals surface area contributed by atoms with E-state index in [1.807, 2.05) is 0 Å². The number of nitrogens with zero attached hydrogens (tertiary/aromatic N) is 1. The van der Waals surface area contributed by atoms with Crippen LogP contribution in [0.2, 0.25) is 0 Å². The van der Waals surface area contributed by atoms with Gasteiger partial charge >= 0.3 is 0 Å². The highest BCUT2D eigenvalue weighted by Crippen LogP contribution is 2.18. The van der Waals surface area contributed by atoms with E-state index in [0.717, 1.165) is 0 Å². The Morgan fingerprint density at radius 1 is 1.64 bits per heavy atom. The van der Waals surface area contributed by atoms with Crippen LogP contribution in [0.3, 0.4) is 0 Å². The molecule has 0 amide bonds. The standard InChI is InChI=1S/C7H8BrFN2O2S/c1-2-14(12,13)11-6-3-5(8)4-10-7(6)9/h3-4,11H,2H2,1H3. The van der Waals surface area contributed by atoms with Crippen LogP contribution in [-0.2, 0) is 10.0 Å². The number of rotatable bonds is 3. The first-order valence-electron chi connectivity index (χ1n) is 3.76. The van der Waals surface area contributed by atoms with E-state index in [0.29, 0.717) is 4.47 Å².